The Balaban J connectivity index is 1.94. The Labute approximate surface area is 187 Å². The van der Waals surface area contributed by atoms with Crippen LogP contribution in [-0.4, -0.2) is 45.3 Å². The van der Waals surface area contributed by atoms with Gasteiger partial charge in [0.15, 0.2) is 5.78 Å². The number of Topliss-reactive ketones (excluding diaryl/α,β-unsaturated/α-hetero) is 1. The van der Waals surface area contributed by atoms with E-state index in [2.05, 4.69) is 4.98 Å². The number of aromatic nitrogens is 2. The molecule has 0 aliphatic rings. The molecule has 3 aromatic rings. The SMILES string of the molecule is CCOC(=O)c1c(C)c(C(=O)CN(Cc2cccnc2)C(=O)c2ccccc2)c(C)n1C. The average Bonchev–Trinajstić information content (AvgIpc) is 3.02. The van der Waals surface area contributed by atoms with E-state index >= 15 is 0 Å². The van der Waals surface area contributed by atoms with E-state index in [9.17, 15) is 14.4 Å². The molecule has 1 aromatic carbocycles. The minimum Gasteiger partial charge on any atom is -0.461 e. The van der Waals surface area contributed by atoms with Crippen LogP contribution in [0.4, 0.5) is 0 Å². The van der Waals surface area contributed by atoms with Crippen molar-refractivity contribution in [3.63, 3.8) is 0 Å². The zero-order chi connectivity index (χ0) is 23.3. The van der Waals surface area contributed by atoms with Crippen molar-refractivity contribution in [2.45, 2.75) is 27.3 Å². The summed E-state index contributed by atoms with van der Waals surface area (Å²) in [7, 11) is 1.73. The van der Waals surface area contributed by atoms with Crippen molar-refractivity contribution in [1.29, 1.82) is 0 Å². The van der Waals surface area contributed by atoms with Crippen molar-refractivity contribution < 1.29 is 19.1 Å². The standard InChI is InChI=1S/C25H27N3O4/c1-5-32-25(31)23-17(2)22(18(3)27(23)4)21(29)16-28(15-19-10-9-13-26-14-19)24(30)20-11-7-6-8-12-20/h6-14H,5,15-16H2,1-4H3. The molecule has 0 aliphatic carbocycles. The number of rotatable bonds is 8. The summed E-state index contributed by atoms with van der Waals surface area (Å²) in [6.45, 7) is 5.61. The third kappa shape index (κ3) is 4.77. The Kier molecular flexibility index (Phi) is 7.20. The van der Waals surface area contributed by atoms with E-state index in [0.29, 0.717) is 28.1 Å². The lowest BCUT2D eigenvalue weighted by Crippen LogP contribution is -2.35. The van der Waals surface area contributed by atoms with E-state index in [1.54, 1.807) is 75.1 Å². The number of pyridine rings is 1. The highest BCUT2D eigenvalue weighted by Gasteiger charge is 2.28. The maximum absolute atomic E-state index is 13.4. The lowest BCUT2D eigenvalue weighted by atomic mass is 10.0. The highest BCUT2D eigenvalue weighted by Crippen LogP contribution is 2.23. The molecule has 7 nitrogen and oxygen atoms in total. The number of nitrogens with zero attached hydrogens (tertiary/aromatic N) is 3. The fourth-order valence-corrected chi connectivity index (χ4v) is 3.80. The van der Waals surface area contributed by atoms with Gasteiger partial charge in [0.25, 0.3) is 5.91 Å². The van der Waals surface area contributed by atoms with Gasteiger partial charge in [-0.25, -0.2) is 4.79 Å². The van der Waals surface area contributed by atoms with Gasteiger partial charge < -0.3 is 14.2 Å². The molecule has 2 aromatic heterocycles. The van der Waals surface area contributed by atoms with Gasteiger partial charge in [-0.05, 0) is 50.1 Å². The Morgan fingerprint density at radius 3 is 2.41 bits per heavy atom. The van der Waals surface area contributed by atoms with Crippen LogP contribution >= 0.6 is 0 Å². The van der Waals surface area contributed by atoms with Gasteiger partial charge >= 0.3 is 5.97 Å². The maximum Gasteiger partial charge on any atom is 0.355 e. The Hall–Kier alpha value is -3.74. The molecule has 0 unspecified atom stereocenters. The zero-order valence-corrected chi connectivity index (χ0v) is 18.8. The molecule has 1 amide bonds. The number of ether oxygens (including phenoxy) is 1. The van der Waals surface area contributed by atoms with Gasteiger partial charge in [-0.1, -0.05) is 24.3 Å². The Bertz CT molecular complexity index is 1120. The largest absolute Gasteiger partial charge is 0.461 e. The molecular weight excluding hydrogens is 406 g/mol. The van der Waals surface area contributed by atoms with Crippen molar-refractivity contribution in [2.75, 3.05) is 13.2 Å². The molecule has 0 saturated heterocycles. The van der Waals surface area contributed by atoms with Crippen molar-refractivity contribution >= 4 is 17.7 Å². The van der Waals surface area contributed by atoms with E-state index in [1.165, 1.54) is 4.90 Å². The summed E-state index contributed by atoms with van der Waals surface area (Å²) in [5.41, 5.74) is 3.32. The van der Waals surface area contributed by atoms with Crippen LogP contribution in [0.15, 0.2) is 54.9 Å². The molecule has 7 heteroatoms. The van der Waals surface area contributed by atoms with Crippen LogP contribution in [-0.2, 0) is 18.3 Å². The minimum absolute atomic E-state index is 0.128. The van der Waals surface area contributed by atoms with Crippen LogP contribution in [0.5, 0.6) is 0 Å². The van der Waals surface area contributed by atoms with Crippen molar-refractivity contribution in [3.05, 3.63) is 88.5 Å². The van der Waals surface area contributed by atoms with Gasteiger partial charge in [-0.3, -0.25) is 14.6 Å². The van der Waals surface area contributed by atoms with Crippen molar-refractivity contribution in [1.82, 2.24) is 14.5 Å². The molecule has 0 radical (unpaired) electrons. The molecule has 0 bridgehead atoms. The molecule has 32 heavy (non-hydrogen) atoms. The second kappa shape index (κ2) is 10.0. The van der Waals surface area contributed by atoms with E-state index in [0.717, 1.165) is 5.56 Å². The van der Waals surface area contributed by atoms with Gasteiger partial charge in [-0.2, -0.15) is 0 Å². The van der Waals surface area contributed by atoms with Crippen LogP contribution in [0.2, 0.25) is 0 Å². The lowest BCUT2D eigenvalue weighted by molar-refractivity contribution is 0.0514. The first kappa shape index (κ1) is 22.9. The predicted octanol–water partition coefficient (Wildman–Crippen LogP) is 3.74. The van der Waals surface area contributed by atoms with E-state index in [4.69, 9.17) is 4.74 Å². The number of ketones is 1. The van der Waals surface area contributed by atoms with Gasteiger partial charge in [0.2, 0.25) is 0 Å². The van der Waals surface area contributed by atoms with Crippen LogP contribution in [0, 0.1) is 13.8 Å². The topological polar surface area (TPSA) is 81.5 Å². The highest BCUT2D eigenvalue weighted by atomic mass is 16.5. The second-order valence-corrected chi connectivity index (χ2v) is 7.53. The Morgan fingerprint density at radius 2 is 1.78 bits per heavy atom. The van der Waals surface area contributed by atoms with Gasteiger partial charge in [-0.15, -0.1) is 0 Å². The third-order valence-electron chi connectivity index (χ3n) is 5.42. The van der Waals surface area contributed by atoms with Gasteiger partial charge in [0.1, 0.15) is 5.69 Å². The molecule has 2 heterocycles. The summed E-state index contributed by atoms with van der Waals surface area (Å²) < 4.78 is 6.82. The normalized spacial score (nSPS) is 10.6. The van der Waals surface area contributed by atoms with E-state index < -0.39 is 5.97 Å². The summed E-state index contributed by atoms with van der Waals surface area (Å²) >= 11 is 0. The number of amides is 1. The smallest absolute Gasteiger partial charge is 0.355 e. The van der Waals surface area contributed by atoms with E-state index in [1.807, 2.05) is 12.1 Å². The van der Waals surface area contributed by atoms with Crippen molar-refractivity contribution in [3.8, 4) is 0 Å². The summed E-state index contributed by atoms with van der Waals surface area (Å²) in [6.07, 6.45) is 3.33. The summed E-state index contributed by atoms with van der Waals surface area (Å²) in [6, 6.07) is 12.5. The highest BCUT2D eigenvalue weighted by molar-refractivity contribution is 6.06. The summed E-state index contributed by atoms with van der Waals surface area (Å²) in [4.78, 5) is 44.6. The number of carbonyl (C=O) groups excluding carboxylic acids is 3. The fraction of sp³-hybridized carbons (Fsp3) is 0.280. The fourth-order valence-electron chi connectivity index (χ4n) is 3.80. The molecule has 166 valence electrons. The van der Waals surface area contributed by atoms with Crippen LogP contribution < -0.4 is 0 Å². The molecule has 0 spiro atoms. The number of carbonyl (C=O) groups is 3. The number of benzene rings is 1. The monoisotopic (exact) mass is 433 g/mol. The maximum atomic E-state index is 13.4. The first-order valence-electron chi connectivity index (χ1n) is 10.4. The first-order valence-corrected chi connectivity index (χ1v) is 10.4. The lowest BCUT2D eigenvalue weighted by Gasteiger charge is -2.22. The molecule has 0 saturated carbocycles. The average molecular weight is 434 g/mol. The first-order chi connectivity index (χ1) is 15.3. The quantitative estimate of drug-likeness (QED) is 0.399. The van der Waals surface area contributed by atoms with Crippen LogP contribution in [0.1, 0.15) is 54.9 Å². The summed E-state index contributed by atoms with van der Waals surface area (Å²) in [5.74, 6) is -0.957. The predicted molar refractivity (Wildman–Crippen MR) is 121 cm³/mol. The molecule has 3 rings (SSSR count). The van der Waals surface area contributed by atoms with Crippen molar-refractivity contribution in [2.24, 2.45) is 7.05 Å². The molecular formula is C25H27N3O4. The Morgan fingerprint density at radius 1 is 1.06 bits per heavy atom. The molecule has 0 aliphatic heterocycles. The van der Waals surface area contributed by atoms with Gasteiger partial charge in [0.05, 0.1) is 13.2 Å². The van der Waals surface area contributed by atoms with E-state index in [-0.39, 0.29) is 31.4 Å². The zero-order valence-electron chi connectivity index (χ0n) is 18.8. The third-order valence-corrected chi connectivity index (χ3v) is 5.42. The molecule has 0 fully saturated rings. The number of hydrogen-bond donors (Lipinski definition) is 0. The molecule has 0 N–H and O–H groups in total. The number of hydrogen-bond acceptors (Lipinski definition) is 5. The minimum atomic E-state index is -0.470. The van der Waals surface area contributed by atoms with Crippen LogP contribution in [0.3, 0.4) is 0 Å². The molecule has 0 atom stereocenters. The van der Waals surface area contributed by atoms with Crippen LogP contribution in [0.25, 0.3) is 0 Å². The van der Waals surface area contributed by atoms with Gasteiger partial charge in [0, 0.05) is 42.8 Å². The summed E-state index contributed by atoms with van der Waals surface area (Å²) in [5, 5.41) is 0. The number of esters is 1. The second-order valence-electron chi connectivity index (χ2n) is 7.53.